The lowest BCUT2D eigenvalue weighted by atomic mass is 10.2. The number of esters is 1. The number of aromatic nitrogens is 2. The van der Waals surface area contributed by atoms with E-state index in [-0.39, 0.29) is 12.2 Å². The van der Waals surface area contributed by atoms with Crippen molar-refractivity contribution in [3.05, 3.63) is 48.5 Å². The first-order valence-corrected chi connectivity index (χ1v) is 8.31. The fraction of sp³-hybridized carbons (Fsp3) is 0.267. The molecule has 0 aliphatic heterocycles. The van der Waals surface area contributed by atoms with Gasteiger partial charge in [0.2, 0.25) is 0 Å². The highest BCUT2D eigenvalue weighted by atomic mass is 32.1. The minimum Gasteiger partial charge on any atom is -0.453 e. The fourth-order valence-corrected chi connectivity index (χ4v) is 3.93. The van der Waals surface area contributed by atoms with Crippen LogP contribution in [-0.2, 0) is 11.3 Å². The normalized spacial score (nSPS) is 11.0. The lowest BCUT2D eigenvalue weighted by Gasteiger charge is -2.03. The van der Waals surface area contributed by atoms with Gasteiger partial charge >= 0.3 is 5.97 Å². The van der Waals surface area contributed by atoms with Gasteiger partial charge in [-0.3, -0.25) is 4.79 Å². The van der Waals surface area contributed by atoms with Crippen LogP contribution in [0, 0.1) is 20.8 Å². The molecule has 0 bridgehead atoms. The summed E-state index contributed by atoms with van der Waals surface area (Å²) in [6.07, 6.45) is 0. The number of fused-ring (bicyclic) bond motifs is 1. The molecule has 0 aliphatic rings. The van der Waals surface area contributed by atoms with Crippen LogP contribution in [0.2, 0.25) is 0 Å². The number of nitrogens with zero attached hydrogens (tertiary/aromatic N) is 1. The Morgan fingerprint density at radius 2 is 2.05 bits per heavy atom. The number of H-pyrrole nitrogens is 1. The third kappa shape index (κ3) is 2.69. The molecule has 0 saturated heterocycles. The van der Waals surface area contributed by atoms with Crippen molar-refractivity contribution in [2.75, 3.05) is 0 Å². The molecule has 0 fully saturated rings. The molecule has 3 aromatic rings. The average Bonchev–Trinajstić information content (AvgIpc) is 3.01. The second-order valence-corrected chi connectivity index (χ2v) is 7.45. The smallest absolute Gasteiger partial charge is 0.348 e. The van der Waals surface area contributed by atoms with Crippen LogP contribution in [0.5, 0.6) is 0 Å². The zero-order chi connectivity index (χ0) is 15.9. The molecule has 0 atom stereocenters. The number of hydrogen-bond acceptors (Lipinski definition) is 6. The SMILES string of the molecule is Cc1ccc(C(=O)OCc2nc3sc(C)c(C)c3c(=O)[nH]2)s1. The Kier molecular flexibility index (Phi) is 3.84. The number of nitrogens with one attached hydrogen (secondary N) is 1. The van der Waals surface area contributed by atoms with Gasteiger partial charge in [-0.1, -0.05) is 0 Å². The molecular formula is C15H14N2O3S2. The molecule has 0 saturated carbocycles. The maximum absolute atomic E-state index is 12.1. The van der Waals surface area contributed by atoms with Crippen LogP contribution in [-0.4, -0.2) is 15.9 Å². The van der Waals surface area contributed by atoms with E-state index in [9.17, 15) is 9.59 Å². The molecule has 0 radical (unpaired) electrons. The number of carbonyl (C=O) groups is 1. The summed E-state index contributed by atoms with van der Waals surface area (Å²) >= 11 is 2.85. The van der Waals surface area contributed by atoms with E-state index in [0.29, 0.717) is 20.9 Å². The molecule has 22 heavy (non-hydrogen) atoms. The molecule has 7 heteroatoms. The Bertz CT molecular complexity index is 921. The molecular weight excluding hydrogens is 320 g/mol. The number of thiophene rings is 2. The first kappa shape index (κ1) is 14.9. The van der Waals surface area contributed by atoms with Crippen molar-refractivity contribution in [3.63, 3.8) is 0 Å². The Morgan fingerprint density at radius 1 is 1.27 bits per heavy atom. The van der Waals surface area contributed by atoms with Crippen molar-refractivity contribution in [1.29, 1.82) is 0 Å². The minimum absolute atomic E-state index is 0.0447. The highest BCUT2D eigenvalue weighted by molar-refractivity contribution is 7.18. The summed E-state index contributed by atoms with van der Waals surface area (Å²) in [7, 11) is 0. The highest BCUT2D eigenvalue weighted by Crippen LogP contribution is 2.25. The number of hydrogen-bond donors (Lipinski definition) is 1. The quantitative estimate of drug-likeness (QED) is 0.746. The molecule has 0 spiro atoms. The first-order valence-electron chi connectivity index (χ1n) is 6.68. The molecule has 0 unspecified atom stereocenters. The molecule has 0 aliphatic carbocycles. The van der Waals surface area contributed by atoms with E-state index in [4.69, 9.17) is 4.74 Å². The first-order chi connectivity index (χ1) is 10.5. The molecule has 114 valence electrons. The Labute approximate surface area is 134 Å². The number of rotatable bonds is 3. The van der Waals surface area contributed by atoms with Gasteiger partial charge in [0.25, 0.3) is 5.56 Å². The monoisotopic (exact) mass is 334 g/mol. The van der Waals surface area contributed by atoms with E-state index < -0.39 is 5.97 Å². The van der Waals surface area contributed by atoms with Gasteiger partial charge in [0.15, 0.2) is 0 Å². The second-order valence-electron chi connectivity index (χ2n) is 4.96. The van der Waals surface area contributed by atoms with Crippen molar-refractivity contribution >= 4 is 38.9 Å². The van der Waals surface area contributed by atoms with Crippen LogP contribution < -0.4 is 5.56 Å². The topological polar surface area (TPSA) is 72.0 Å². The average molecular weight is 334 g/mol. The van der Waals surface area contributed by atoms with Gasteiger partial charge in [-0.2, -0.15) is 0 Å². The zero-order valence-corrected chi connectivity index (χ0v) is 14.0. The van der Waals surface area contributed by atoms with Crippen LogP contribution in [0.3, 0.4) is 0 Å². The number of aryl methyl sites for hydroxylation is 3. The molecule has 5 nitrogen and oxygen atoms in total. The standard InChI is InChI=1S/C15H14N2O3S2/c1-7-4-5-10(21-7)15(19)20-6-11-16-13(18)12-8(2)9(3)22-14(12)17-11/h4-5H,6H2,1-3H3,(H,16,17,18). The Morgan fingerprint density at radius 3 is 2.73 bits per heavy atom. The third-order valence-electron chi connectivity index (χ3n) is 3.37. The van der Waals surface area contributed by atoms with Gasteiger partial charge in [0, 0.05) is 9.75 Å². The lowest BCUT2D eigenvalue weighted by molar-refractivity contribution is 0.0468. The van der Waals surface area contributed by atoms with Gasteiger partial charge in [-0.25, -0.2) is 9.78 Å². The van der Waals surface area contributed by atoms with Crippen LogP contribution in [0.1, 0.15) is 30.8 Å². The maximum atomic E-state index is 12.1. The zero-order valence-electron chi connectivity index (χ0n) is 12.4. The van der Waals surface area contributed by atoms with Crippen LogP contribution in [0.25, 0.3) is 10.2 Å². The van der Waals surface area contributed by atoms with Gasteiger partial charge in [0.05, 0.1) is 5.39 Å². The molecule has 0 amide bonds. The minimum atomic E-state index is -0.403. The lowest BCUT2D eigenvalue weighted by Crippen LogP contribution is -2.14. The van der Waals surface area contributed by atoms with E-state index in [0.717, 1.165) is 15.3 Å². The van der Waals surface area contributed by atoms with Crippen molar-refractivity contribution in [2.24, 2.45) is 0 Å². The summed E-state index contributed by atoms with van der Waals surface area (Å²) in [5.41, 5.74) is 0.760. The van der Waals surface area contributed by atoms with Crippen molar-refractivity contribution in [3.8, 4) is 0 Å². The summed E-state index contributed by atoms with van der Waals surface area (Å²) in [5, 5.41) is 0.617. The second kappa shape index (κ2) is 5.66. The van der Waals surface area contributed by atoms with Crippen LogP contribution in [0.15, 0.2) is 16.9 Å². The van der Waals surface area contributed by atoms with Gasteiger partial charge < -0.3 is 9.72 Å². The van der Waals surface area contributed by atoms with Crippen LogP contribution in [0.4, 0.5) is 0 Å². The Balaban J connectivity index is 1.83. The summed E-state index contributed by atoms with van der Waals surface area (Å²) < 4.78 is 5.21. The maximum Gasteiger partial charge on any atom is 0.348 e. The molecule has 0 aromatic carbocycles. The summed E-state index contributed by atoms with van der Waals surface area (Å²) in [5.74, 6) is -0.0419. The largest absolute Gasteiger partial charge is 0.453 e. The van der Waals surface area contributed by atoms with Crippen molar-refractivity contribution in [2.45, 2.75) is 27.4 Å². The molecule has 3 rings (SSSR count). The number of ether oxygens (including phenoxy) is 1. The van der Waals surface area contributed by atoms with Crippen LogP contribution >= 0.6 is 22.7 Å². The third-order valence-corrected chi connectivity index (χ3v) is 5.45. The van der Waals surface area contributed by atoms with Crippen molar-refractivity contribution in [1.82, 2.24) is 9.97 Å². The summed E-state index contributed by atoms with van der Waals surface area (Å²) in [6.45, 7) is 5.75. The molecule has 3 aromatic heterocycles. The predicted molar refractivity (Wildman–Crippen MR) is 87.9 cm³/mol. The van der Waals surface area contributed by atoms with Gasteiger partial charge in [-0.15, -0.1) is 22.7 Å². The number of aromatic amines is 1. The van der Waals surface area contributed by atoms with E-state index in [1.807, 2.05) is 26.8 Å². The summed E-state index contributed by atoms with van der Waals surface area (Å²) in [6, 6.07) is 3.60. The Hall–Kier alpha value is -1.99. The van der Waals surface area contributed by atoms with Gasteiger partial charge in [-0.05, 0) is 38.5 Å². The highest BCUT2D eigenvalue weighted by Gasteiger charge is 2.14. The number of carbonyl (C=O) groups excluding carboxylic acids is 1. The van der Waals surface area contributed by atoms with E-state index in [2.05, 4.69) is 9.97 Å². The van der Waals surface area contributed by atoms with Crippen molar-refractivity contribution < 1.29 is 9.53 Å². The molecule has 1 N–H and O–H groups in total. The van der Waals surface area contributed by atoms with Gasteiger partial charge in [0.1, 0.15) is 22.1 Å². The fourth-order valence-electron chi connectivity index (χ4n) is 2.12. The van der Waals surface area contributed by atoms with E-state index >= 15 is 0 Å². The van der Waals surface area contributed by atoms with E-state index in [1.165, 1.54) is 22.7 Å². The summed E-state index contributed by atoms with van der Waals surface area (Å²) in [4.78, 5) is 34.4. The predicted octanol–water partition coefficient (Wildman–Crippen LogP) is 3.33. The molecule has 3 heterocycles. The van der Waals surface area contributed by atoms with E-state index in [1.54, 1.807) is 6.07 Å².